The van der Waals surface area contributed by atoms with E-state index >= 15 is 0 Å². The average molecular weight is 315 g/mol. The van der Waals surface area contributed by atoms with Crippen LogP contribution in [-0.4, -0.2) is 9.97 Å². The lowest BCUT2D eigenvalue weighted by Gasteiger charge is -2.10. The number of hydrogen-bond donors (Lipinski definition) is 2. The van der Waals surface area contributed by atoms with Gasteiger partial charge in [-0.1, -0.05) is 23.7 Å². The summed E-state index contributed by atoms with van der Waals surface area (Å²) < 4.78 is 5.29. The first kappa shape index (κ1) is 14.4. The van der Waals surface area contributed by atoms with Crippen LogP contribution in [0.3, 0.4) is 0 Å². The highest BCUT2D eigenvalue weighted by Crippen LogP contribution is 2.24. The van der Waals surface area contributed by atoms with Crippen LogP contribution in [0.1, 0.15) is 11.5 Å². The van der Waals surface area contributed by atoms with Gasteiger partial charge in [0.05, 0.1) is 23.5 Å². The van der Waals surface area contributed by atoms with E-state index in [0.29, 0.717) is 17.5 Å². The summed E-state index contributed by atoms with van der Waals surface area (Å²) in [6.07, 6.45) is 1.65. The molecule has 0 amide bonds. The molecule has 112 valence electrons. The van der Waals surface area contributed by atoms with Crippen molar-refractivity contribution >= 4 is 29.1 Å². The van der Waals surface area contributed by atoms with Gasteiger partial charge in [0, 0.05) is 11.8 Å². The zero-order valence-corrected chi connectivity index (χ0v) is 12.8. The molecule has 0 radical (unpaired) electrons. The van der Waals surface area contributed by atoms with E-state index in [4.69, 9.17) is 16.0 Å². The number of halogens is 1. The van der Waals surface area contributed by atoms with E-state index in [1.54, 1.807) is 6.26 Å². The maximum atomic E-state index is 6.14. The Balaban J connectivity index is 1.76. The quantitative estimate of drug-likeness (QED) is 0.731. The number of rotatable bonds is 5. The van der Waals surface area contributed by atoms with Crippen LogP contribution in [-0.2, 0) is 6.54 Å². The van der Waals surface area contributed by atoms with Gasteiger partial charge in [-0.25, -0.2) is 4.98 Å². The first-order chi connectivity index (χ1) is 10.7. The molecule has 0 aliphatic rings. The second-order valence-corrected chi connectivity index (χ2v) is 5.16. The van der Waals surface area contributed by atoms with Gasteiger partial charge in [0.15, 0.2) is 0 Å². The Morgan fingerprint density at radius 3 is 2.77 bits per heavy atom. The fourth-order valence-corrected chi connectivity index (χ4v) is 2.17. The number of nitrogens with one attached hydrogen (secondary N) is 2. The third-order valence-corrected chi connectivity index (χ3v) is 3.33. The van der Waals surface area contributed by atoms with Crippen LogP contribution in [0.5, 0.6) is 0 Å². The molecular weight excluding hydrogens is 300 g/mol. The lowest BCUT2D eigenvalue weighted by Crippen LogP contribution is -2.05. The van der Waals surface area contributed by atoms with E-state index in [2.05, 4.69) is 20.6 Å². The van der Waals surface area contributed by atoms with Crippen molar-refractivity contribution in [2.24, 2.45) is 0 Å². The summed E-state index contributed by atoms with van der Waals surface area (Å²) in [4.78, 5) is 8.81. The van der Waals surface area contributed by atoms with Crippen LogP contribution < -0.4 is 10.6 Å². The van der Waals surface area contributed by atoms with Crippen molar-refractivity contribution in [1.82, 2.24) is 9.97 Å². The molecule has 6 heteroatoms. The zero-order valence-electron chi connectivity index (χ0n) is 12.0. The first-order valence-electron chi connectivity index (χ1n) is 6.84. The van der Waals surface area contributed by atoms with Crippen molar-refractivity contribution in [3.8, 4) is 0 Å². The van der Waals surface area contributed by atoms with Crippen molar-refractivity contribution in [3.63, 3.8) is 0 Å². The molecule has 2 aromatic heterocycles. The Labute approximate surface area is 133 Å². The van der Waals surface area contributed by atoms with Gasteiger partial charge in [0.1, 0.15) is 11.6 Å². The molecule has 0 bridgehead atoms. The predicted octanol–water partition coefficient (Wildman–Crippen LogP) is 4.39. The first-order valence-corrected chi connectivity index (χ1v) is 7.22. The molecule has 0 spiro atoms. The number of hydrogen-bond acceptors (Lipinski definition) is 5. The van der Waals surface area contributed by atoms with Crippen molar-refractivity contribution in [2.75, 3.05) is 10.6 Å². The van der Waals surface area contributed by atoms with Crippen LogP contribution >= 0.6 is 11.6 Å². The largest absolute Gasteiger partial charge is 0.467 e. The molecule has 3 aromatic rings. The summed E-state index contributed by atoms with van der Waals surface area (Å²) in [7, 11) is 0. The van der Waals surface area contributed by atoms with E-state index in [9.17, 15) is 0 Å². The molecule has 1 aromatic carbocycles. The second-order valence-electron chi connectivity index (χ2n) is 4.76. The highest BCUT2D eigenvalue weighted by Gasteiger charge is 2.05. The lowest BCUT2D eigenvalue weighted by atomic mass is 10.3. The Morgan fingerprint density at radius 1 is 1.14 bits per heavy atom. The monoisotopic (exact) mass is 314 g/mol. The minimum atomic E-state index is 0.495. The van der Waals surface area contributed by atoms with Crippen molar-refractivity contribution < 1.29 is 4.42 Å². The summed E-state index contributed by atoms with van der Waals surface area (Å²) in [5, 5.41) is 6.96. The summed E-state index contributed by atoms with van der Waals surface area (Å²) in [5.41, 5.74) is 1.62. The number of benzene rings is 1. The van der Waals surface area contributed by atoms with Crippen LogP contribution in [0, 0.1) is 6.92 Å². The van der Waals surface area contributed by atoms with Crippen LogP contribution in [0.25, 0.3) is 0 Å². The highest BCUT2D eigenvalue weighted by atomic mass is 35.5. The summed E-state index contributed by atoms with van der Waals surface area (Å²) >= 11 is 6.14. The van der Waals surface area contributed by atoms with Gasteiger partial charge in [-0.15, -0.1) is 0 Å². The minimum absolute atomic E-state index is 0.495. The maximum Gasteiger partial charge on any atom is 0.229 e. The summed E-state index contributed by atoms with van der Waals surface area (Å²) in [6, 6.07) is 13.1. The molecule has 5 nitrogen and oxygen atoms in total. The molecule has 0 unspecified atom stereocenters. The fraction of sp³-hybridized carbons (Fsp3) is 0.125. The molecule has 0 aliphatic heterocycles. The predicted molar refractivity (Wildman–Crippen MR) is 87.5 cm³/mol. The Morgan fingerprint density at radius 2 is 2.00 bits per heavy atom. The highest BCUT2D eigenvalue weighted by molar-refractivity contribution is 6.33. The molecule has 22 heavy (non-hydrogen) atoms. The molecule has 2 heterocycles. The van der Waals surface area contributed by atoms with Gasteiger partial charge >= 0.3 is 0 Å². The smallest absolute Gasteiger partial charge is 0.229 e. The fourth-order valence-electron chi connectivity index (χ4n) is 1.99. The van der Waals surface area contributed by atoms with Gasteiger partial charge in [-0.3, -0.25) is 0 Å². The molecule has 0 saturated heterocycles. The van der Waals surface area contributed by atoms with E-state index in [0.717, 1.165) is 23.0 Å². The Bertz CT molecular complexity index is 759. The van der Waals surface area contributed by atoms with Crippen LogP contribution in [0.4, 0.5) is 17.5 Å². The molecule has 0 saturated carbocycles. The van der Waals surface area contributed by atoms with Crippen molar-refractivity contribution in [1.29, 1.82) is 0 Å². The maximum absolute atomic E-state index is 6.14. The topological polar surface area (TPSA) is 63.0 Å². The van der Waals surface area contributed by atoms with E-state index < -0.39 is 0 Å². The van der Waals surface area contributed by atoms with E-state index in [1.807, 2.05) is 49.4 Å². The number of para-hydroxylation sites is 1. The minimum Gasteiger partial charge on any atom is -0.467 e. The molecule has 0 fully saturated rings. The summed E-state index contributed by atoms with van der Waals surface area (Å²) in [6.45, 7) is 2.48. The van der Waals surface area contributed by atoms with Gasteiger partial charge in [-0.2, -0.15) is 4.98 Å². The second kappa shape index (κ2) is 6.49. The number of anilines is 3. The SMILES string of the molecule is Cc1cc(NCc2ccco2)nc(Nc2ccccc2Cl)n1. The van der Waals surface area contributed by atoms with Gasteiger partial charge in [-0.05, 0) is 31.2 Å². The number of furan rings is 1. The molecule has 2 N–H and O–H groups in total. The normalized spacial score (nSPS) is 10.5. The molecule has 0 atom stereocenters. The van der Waals surface area contributed by atoms with Gasteiger partial charge in [0.2, 0.25) is 5.95 Å². The van der Waals surface area contributed by atoms with Crippen LogP contribution in [0.15, 0.2) is 53.1 Å². The third kappa shape index (κ3) is 3.56. The van der Waals surface area contributed by atoms with E-state index in [1.165, 1.54) is 0 Å². The van der Waals surface area contributed by atoms with Crippen molar-refractivity contribution in [2.45, 2.75) is 13.5 Å². The standard InChI is InChI=1S/C16H15ClN4O/c1-11-9-15(18-10-12-5-4-8-22-12)21-16(19-11)20-14-7-3-2-6-13(14)17/h2-9H,10H2,1H3,(H2,18,19,20,21). The lowest BCUT2D eigenvalue weighted by molar-refractivity contribution is 0.518. The van der Waals surface area contributed by atoms with Crippen molar-refractivity contribution in [3.05, 3.63) is 65.2 Å². The number of nitrogens with zero attached hydrogens (tertiary/aromatic N) is 2. The summed E-state index contributed by atoms with van der Waals surface area (Å²) in [5.74, 6) is 2.06. The molecular formula is C16H15ClN4O. The van der Waals surface area contributed by atoms with E-state index in [-0.39, 0.29) is 0 Å². The molecule has 0 aliphatic carbocycles. The number of aromatic nitrogens is 2. The zero-order chi connectivity index (χ0) is 15.4. The Hall–Kier alpha value is -2.53. The van der Waals surface area contributed by atoms with Crippen LogP contribution in [0.2, 0.25) is 5.02 Å². The Kier molecular flexibility index (Phi) is 4.25. The van der Waals surface area contributed by atoms with Gasteiger partial charge < -0.3 is 15.1 Å². The molecule has 3 rings (SSSR count). The van der Waals surface area contributed by atoms with Gasteiger partial charge in [0.25, 0.3) is 0 Å². The number of aryl methyl sites for hydroxylation is 1. The average Bonchev–Trinajstić information content (AvgIpc) is 3.00. The third-order valence-electron chi connectivity index (χ3n) is 3.00.